The summed E-state index contributed by atoms with van der Waals surface area (Å²) >= 11 is 0. The van der Waals surface area contributed by atoms with Gasteiger partial charge in [0.05, 0.1) is 0 Å². The highest BCUT2D eigenvalue weighted by Crippen LogP contribution is 2.34. The van der Waals surface area contributed by atoms with Gasteiger partial charge in [-0.1, -0.05) is 62.4 Å². The minimum Gasteiger partial charge on any atom is -0.398 e. The molecule has 0 atom stereocenters. The fourth-order valence-electron chi connectivity index (χ4n) is 2.08. The van der Waals surface area contributed by atoms with E-state index in [1.807, 2.05) is 24.3 Å². The third kappa shape index (κ3) is 1.81. The van der Waals surface area contributed by atoms with E-state index in [0.29, 0.717) is 0 Å². The highest BCUT2D eigenvalue weighted by Gasteiger charge is 2.24. The number of anilines is 1. The number of rotatable bonds is 2. The van der Waals surface area contributed by atoms with Crippen molar-refractivity contribution in [2.45, 2.75) is 19.3 Å². The molecule has 0 saturated heterocycles. The molecule has 1 heteroatoms. The SMILES string of the molecule is CC(C)(c1ccccc1)c1ccccc1N. The molecule has 0 aromatic heterocycles. The van der Waals surface area contributed by atoms with Crippen LogP contribution in [0.5, 0.6) is 0 Å². The Bertz CT molecular complexity index is 472. The van der Waals surface area contributed by atoms with Crippen molar-refractivity contribution in [3.63, 3.8) is 0 Å². The van der Waals surface area contributed by atoms with E-state index in [1.165, 1.54) is 11.1 Å². The molecule has 0 unspecified atom stereocenters. The quantitative estimate of drug-likeness (QED) is 0.755. The Morgan fingerprint density at radius 2 is 1.38 bits per heavy atom. The van der Waals surface area contributed by atoms with Gasteiger partial charge >= 0.3 is 0 Å². The largest absolute Gasteiger partial charge is 0.398 e. The lowest BCUT2D eigenvalue weighted by Crippen LogP contribution is -2.20. The van der Waals surface area contributed by atoms with Crippen LogP contribution in [0.3, 0.4) is 0 Å². The summed E-state index contributed by atoms with van der Waals surface area (Å²) < 4.78 is 0. The Hall–Kier alpha value is -1.76. The standard InChI is InChI=1S/C15H17N/c1-15(2,12-8-4-3-5-9-12)13-10-6-7-11-14(13)16/h3-11H,16H2,1-2H3. The zero-order valence-corrected chi connectivity index (χ0v) is 9.77. The summed E-state index contributed by atoms with van der Waals surface area (Å²) in [7, 11) is 0. The van der Waals surface area contributed by atoms with Gasteiger partial charge in [-0.15, -0.1) is 0 Å². The van der Waals surface area contributed by atoms with E-state index in [9.17, 15) is 0 Å². The topological polar surface area (TPSA) is 26.0 Å². The smallest absolute Gasteiger partial charge is 0.0355 e. The maximum absolute atomic E-state index is 6.04. The summed E-state index contributed by atoms with van der Waals surface area (Å²) in [5.74, 6) is 0. The van der Waals surface area contributed by atoms with E-state index in [4.69, 9.17) is 5.73 Å². The van der Waals surface area contributed by atoms with Gasteiger partial charge in [0, 0.05) is 11.1 Å². The monoisotopic (exact) mass is 211 g/mol. The van der Waals surface area contributed by atoms with Crippen LogP contribution in [0.25, 0.3) is 0 Å². The molecule has 0 aliphatic carbocycles. The van der Waals surface area contributed by atoms with Crippen molar-refractivity contribution < 1.29 is 0 Å². The second-order valence-corrected chi connectivity index (χ2v) is 4.58. The second-order valence-electron chi connectivity index (χ2n) is 4.58. The van der Waals surface area contributed by atoms with Crippen LogP contribution in [0.4, 0.5) is 5.69 Å². The Morgan fingerprint density at radius 1 is 0.812 bits per heavy atom. The Balaban J connectivity index is 2.51. The minimum absolute atomic E-state index is 0.0490. The zero-order valence-electron chi connectivity index (χ0n) is 9.77. The van der Waals surface area contributed by atoms with Crippen LogP contribution in [0.2, 0.25) is 0 Å². The fraction of sp³-hybridized carbons (Fsp3) is 0.200. The van der Waals surface area contributed by atoms with Crippen LogP contribution >= 0.6 is 0 Å². The van der Waals surface area contributed by atoms with Gasteiger partial charge in [0.25, 0.3) is 0 Å². The van der Waals surface area contributed by atoms with Gasteiger partial charge in [-0.3, -0.25) is 0 Å². The van der Waals surface area contributed by atoms with Gasteiger partial charge < -0.3 is 5.73 Å². The van der Waals surface area contributed by atoms with Crippen molar-refractivity contribution >= 4 is 5.69 Å². The fourth-order valence-corrected chi connectivity index (χ4v) is 2.08. The van der Waals surface area contributed by atoms with Crippen molar-refractivity contribution in [2.24, 2.45) is 0 Å². The number of para-hydroxylation sites is 1. The maximum Gasteiger partial charge on any atom is 0.0355 e. The Labute approximate surface area is 96.9 Å². The van der Waals surface area contributed by atoms with Crippen molar-refractivity contribution in [3.05, 3.63) is 65.7 Å². The summed E-state index contributed by atoms with van der Waals surface area (Å²) in [5.41, 5.74) is 9.32. The van der Waals surface area contributed by atoms with Crippen LogP contribution in [-0.2, 0) is 5.41 Å². The first-order chi connectivity index (χ1) is 7.62. The summed E-state index contributed by atoms with van der Waals surface area (Å²) in [6, 6.07) is 18.5. The molecule has 16 heavy (non-hydrogen) atoms. The van der Waals surface area contributed by atoms with Crippen LogP contribution < -0.4 is 5.73 Å². The number of nitrogens with two attached hydrogens (primary N) is 1. The summed E-state index contributed by atoms with van der Waals surface area (Å²) in [6.45, 7) is 4.40. The van der Waals surface area contributed by atoms with Crippen molar-refractivity contribution in [3.8, 4) is 0 Å². The van der Waals surface area contributed by atoms with Crippen molar-refractivity contribution in [1.82, 2.24) is 0 Å². The summed E-state index contributed by atoms with van der Waals surface area (Å²) in [4.78, 5) is 0. The molecule has 0 fully saturated rings. The molecule has 2 N–H and O–H groups in total. The highest BCUT2D eigenvalue weighted by atomic mass is 14.6. The van der Waals surface area contributed by atoms with Crippen LogP contribution in [-0.4, -0.2) is 0 Å². The molecule has 2 aromatic rings. The van der Waals surface area contributed by atoms with E-state index < -0.39 is 0 Å². The average Bonchev–Trinajstić information content (AvgIpc) is 2.30. The van der Waals surface area contributed by atoms with Gasteiger partial charge in [-0.25, -0.2) is 0 Å². The van der Waals surface area contributed by atoms with E-state index in [2.05, 4.69) is 44.2 Å². The molecule has 0 aliphatic rings. The molecular formula is C15H17N. The van der Waals surface area contributed by atoms with Gasteiger partial charge in [0.1, 0.15) is 0 Å². The average molecular weight is 211 g/mol. The van der Waals surface area contributed by atoms with E-state index >= 15 is 0 Å². The van der Waals surface area contributed by atoms with Crippen LogP contribution in [0.15, 0.2) is 54.6 Å². The van der Waals surface area contributed by atoms with Gasteiger partial charge in [-0.2, -0.15) is 0 Å². The predicted molar refractivity (Wildman–Crippen MR) is 69.4 cm³/mol. The first-order valence-electron chi connectivity index (χ1n) is 5.53. The minimum atomic E-state index is -0.0490. The zero-order chi connectivity index (χ0) is 11.6. The molecule has 0 heterocycles. The first kappa shape index (κ1) is 10.7. The Kier molecular flexibility index (Phi) is 2.69. The third-order valence-electron chi connectivity index (χ3n) is 3.13. The molecule has 0 bridgehead atoms. The molecule has 82 valence electrons. The number of hydrogen-bond acceptors (Lipinski definition) is 1. The van der Waals surface area contributed by atoms with E-state index in [0.717, 1.165) is 5.69 Å². The van der Waals surface area contributed by atoms with Gasteiger partial charge in [0.15, 0.2) is 0 Å². The Morgan fingerprint density at radius 3 is 2.00 bits per heavy atom. The van der Waals surface area contributed by atoms with E-state index in [1.54, 1.807) is 0 Å². The highest BCUT2D eigenvalue weighted by molar-refractivity contribution is 5.54. The second kappa shape index (κ2) is 4.01. The normalized spacial score (nSPS) is 11.4. The molecular weight excluding hydrogens is 194 g/mol. The first-order valence-corrected chi connectivity index (χ1v) is 5.53. The molecule has 0 spiro atoms. The van der Waals surface area contributed by atoms with E-state index in [-0.39, 0.29) is 5.41 Å². The van der Waals surface area contributed by atoms with Crippen LogP contribution in [0, 0.1) is 0 Å². The lowest BCUT2D eigenvalue weighted by Gasteiger charge is -2.27. The molecule has 0 amide bonds. The number of nitrogen functional groups attached to an aromatic ring is 1. The van der Waals surface area contributed by atoms with Gasteiger partial charge in [-0.05, 0) is 17.2 Å². The molecule has 2 aromatic carbocycles. The molecule has 0 radical (unpaired) electrons. The number of benzene rings is 2. The lowest BCUT2D eigenvalue weighted by atomic mass is 9.77. The van der Waals surface area contributed by atoms with Gasteiger partial charge in [0.2, 0.25) is 0 Å². The molecule has 0 aliphatic heterocycles. The molecule has 2 rings (SSSR count). The summed E-state index contributed by atoms with van der Waals surface area (Å²) in [6.07, 6.45) is 0. The maximum atomic E-state index is 6.04. The van der Waals surface area contributed by atoms with Crippen molar-refractivity contribution in [1.29, 1.82) is 0 Å². The van der Waals surface area contributed by atoms with Crippen molar-refractivity contribution in [2.75, 3.05) is 5.73 Å². The number of hydrogen-bond donors (Lipinski definition) is 1. The summed E-state index contributed by atoms with van der Waals surface area (Å²) in [5, 5.41) is 0. The lowest BCUT2D eigenvalue weighted by molar-refractivity contribution is 0.643. The molecule has 1 nitrogen and oxygen atoms in total. The molecule has 0 saturated carbocycles. The van der Waals surface area contributed by atoms with Crippen LogP contribution in [0.1, 0.15) is 25.0 Å². The third-order valence-corrected chi connectivity index (χ3v) is 3.13. The predicted octanol–water partition coefficient (Wildman–Crippen LogP) is 3.59.